The Morgan fingerprint density at radius 2 is 1.32 bits per heavy atom. The van der Waals surface area contributed by atoms with Crippen molar-refractivity contribution in [2.75, 3.05) is 14.2 Å². The fourth-order valence-electron chi connectivity index (χ4n) is 5.78. The Hall–Kier alpha value is -4.91. The van der Waals surface area contributed by atoms with E-state index in [0.29, 0.717) is 16.7 Å². The van der Waals surface area contributed by atoms with Crippen molar-refractivity contribution in [2.24, 2.45) is 0 Å². The minimum absolute atomic E-state index is 0.0625. The molecule has 7 heteroatoms. The first-order valence-corrected chi connectivity index (χ1v) is 13.3. The van der Waals surface area contributed by atoms with E-state index in [2.05, 4.69) is 0 Å². The van der Waals surface area contributed by atoms with E-state index in [1.807, 2.05) is 79.7 Å². The van der Waals surface area contributed by atoms with Gasteiger partial charge in [-0.1, -0.05) is 115 Å². The molecule has 3 atom stereocenters. The van der Waals surface area contributed by atoms with Crippen LogP contribution in [0.1, 0.15) is 45.3 Å². The van der Waals surface area contributed by atoms with Gasteiger partial charge in [0.15, 0.2) is 11.6 Å². The zero-order valence-electron chi connectivity index (χ0n) is 23.2. The number of rotatable bonds is 6. The van der Waals surface area contributed by atoms with Crippen molar-refractivity contribution in [1.29, 1.82) is 0 Å². The number of ether oxygens (including phenoxy) is 3. The number of benzene rings is 4. The van der Waals surface area contributed by atoms with Crippen molar-refractivity contribution in [3.05, 3.63) is 143 Å². The predicted octanol–water partition coefficient (Wildman–Crippen LogP) is 6.06. The average Bonchev–Trinajstić information content (AvgIpc) is 3.03. The standard InChI is InChI=1S/C34H31NO6/c1-23-18-20-25(21-19-23)29-27-16-10-11-17-28(27)30(31(36)39-2)35(33(38)41-22-24-12-6-4-7-13-24)34(29,32(37)40-3)26-14-8-5-9-15-26/h4-21,29-30H,22H2,1-3H3/t29-,30+,34+/m1/s1. The molecule has 4 aromatic carbocycles. The van der Waals surface area contributed by atoms with E-state index < -0.39 is 35.5 Å². The molecule has 0 radical (unpaired) electrons. The second kappa shape index (κ2) is 11.7. The van der Waals surface area contributed by atoms with E-state index in [1.54, 1.807) is 36.4 Å². The summed E-state index contributed by atoms with van der Waals surface area (Å²) in [7, 11) is 2.53. The summed E-state index contributed by atoms with van der Waals surface area (Å²) in [4.78, 5) is 43.5. The lowest BCUT2D eigenvalue weighted by atomic mass is 9.64. The van der Waals surface area contributed by atoms with Crippen LogP contribution in [0.4, 0.5) is 4.79 Å². The van der Waals surface area contributed by atoms with Gasteiger partial charge >= 0.3 is 18.0 Å². The van der Waals surface area contributed by atoms with Gasteiger partial charge in [-0.15, -0.1) is 0 Å². The molecule has 0 aliphatic carbocycles. The maximum atomic E-state index is 14.4. The van der Waals surface area contributed by atoms with Crippen molar-refractivity contribution < 1.29 is 28.6 Å². The molecule has 7 nitrogen and oxygen atoms in total. The van der Waals surface area contributed by atoms with Crippen LogP contribution in [0.3, 0.4) is 0 Å². The van der Waals surface area contributed by atoms with Gasteiger partial charge in [0.1, 0.15) is 6.61 Å². The Kier molecular flexibility index (Phi) is 7.88. The third-order valence-electron chi connectivity index (χ3n) is 7.61. The zero-order valence-corrected chi connectivity index (χ0v) is 23.2. The number of aryl methyl sites for hydroxylation is 1. The molecule has 0 unspecified atom stereocenters. The zero-order chi connectivity index (χ0) is 29.0. The van der Waals surface area contributed by atoms with Gasteiger partial charge in [-0.2, -0.15) is 0 Å². The highest BCUT2D eigenvalue weighted by Gasteiger charge is 2.63. The molecule has 0 saturated heterocycles. The second-order valence-electron chi connectivity index (χ2n) is 9.93. The maximum Gasteiger partial charge on any atom is 0.412 e. The molecule has 1 heterocycles. The minimum atomic E-state index is -1.83. The number of carbonyl (C=O) groups excluding carboxylic acids is 3. The van der Waals surface area contributed by atoms with Gasteiger partial charge < -0.3 is 14.2 Å². The van der Waals surface area contributed by atoms with Crippen molar-refractivity contribution in [1.82, 2.24) is 4.90 Å². The van der Waals surface area contributed by atoms with Crippen LogP contribution in [0, 0.1) is 6.92 Å². The number of amides is 1. The van der Waals surface area contributed by atoms with Gasteiger partial charge in [0.05, 0.1) is 14.2 Å². The Morgan fingerprint density at radius 3 is 1.93 bits per heavy atom. The normalized spacial score (nSPS) is 19.5. The van der Waals surface area contributed by atoms with Crippen LogP contribution in [0.2, 0.25) is 0 Å². The molecule has 0 fully saturated rings. The number of carbonyl (C=O) groups is 3. The summed E-state index contributed by atoms with van der Waals surface area (Å²) in [5.41, 5.74) is 2.44. The molecule has 0 N–H and O–H groups in total. The average molecular weight is 550 g/mol. The Labute approximate surface area is 239 Å². The summed E-state index contributed by atoms with van der Waals surface area (Å²) in [5, 5.41) is 0. The van der Waals surface area contributed by atoms with Crippen LogP contribution < -0.4 is 0 Å². The number of hydrogen-bond acceptors (Lipinski definition) is 6. The third kappa shape index (κ3) is 4.84. The summed E-state index contributed by atoms with van der Waals surface area (Å²) in [6, 6.07) is 31.9. The number of methoxy groups -OCH3 is 2. The first-order valence-electron chi connectivity index (χ1n) is 13.3. The van der Waals surface area contributed by atoms with Gasteiger partial charge in [-0.05, 0) is 34.7 Å². The van der Waals surface area contributed by atoms with Crippen LogP contribution in [0.25, 0.3) is 0 Å². The van der Waals surface area contributed by atoms with Gasteiger partial charge in [-0.3, -0.25) is 4.90 Å². The highest BCUT2D eigenvalue weighted by molar-refractivity contribution is 5.94. The minimum Gasteiger partial charge on any atom is -0.467 e. The second-order valence-corrected chi connectivity index (χ2v) is 9.93. The highest BCUT2D eigenvalue weighted by Crippen LogP contribution is 2.55. The fourth-order valence-corrected chi connectivity index (χ4v) is 5.78. The Bertz CT molecular complexity index is 1540. The quantitative estimate of drug-likeness (QED) is 0.215. The molecule has 1 aliphatic rings. The molecule has 1 aliphatic heterocycles. The van der Waals surface area contributed by atoms with E-state index in [-0.39, 0.29) is 6.61 Å². The molecule has 5 rings (SSSR count). The molecule has 1 amide bonds. The summed E-state index contributed by atoms with van der Waals surface area (Å²) < 4.78 is 16.6. The Balaban J connectivity index is 1.84. The van der Waals surface area contributed by atoms with Crippen molar-refractivity contribution >= 4 is 18.0 Å². The first-order chi connectivity index (χ1) is 19.9. The monoisotopic (exact) mass is 549 g/mol. The summed E-state index contributed by atoms with van der Waals surface area (Å²) >= 11 is 0. The summed E-state index contributed by atoms with van der Waals surface area (Å²) in [6.45, 7) is 1.91. The first kappa shape index (κ1) is 27.6. The van der Waals surface area contributed by atoms with Crippen LogP contribution in [0.5, 0.6) is 0 Å². The molecule has 0 saturated carbocycles. The number of esters is 2. The van der Waals surface area contributed by atoms with Crippen molar-refractivity contribution in [3.63, 3.8) is 0 Å². The van der Waals surface area contributed by atoms with Gasteiger partial charge in [0.2, 0.25) is 0 Å². The lowest BCUT2D eigenvalue weighted by molar-refractivity contribution is -0.165. The highest BCUT2D eigenvalue weighted by atomic mass is 16.6. The largest absolute Gasteiger partial charge is 0.467 e. The van der Waals surface area contributed by atoms with Crippen LogP contribution in [0.15, 0.2) is 109 Å². The van der Waals surface area contributed by atoms with E-state index in [0.717, 1.165) is 16.7 Å². The predicted molar refractivity (Wildman–Crippen MR) is 153 cm³/mol. The van der Waals surface area contributed by atoms with E-state index in [4.69, 9.17) is 14.2 Å². The SMILES string of the molecule is COC(=O)[C@@H]1c2ccccc2[C@@H](c2ccc(C)cc2)[C@](C(=O)OC)(c2ccccc2)N1C(=O)OCc1ccccc1. The molecule has 0 spiro atoms. The van der Waals surface area contributed by atoms with Crippen LogP contribution in [-0.4, -0.2) is 37.2 Å². The van der Waals surface area contributed by atoms with Crippen LogP contribution >= 0.6 is 0 Å². The summed E-state index contributed by atoms with van der Waals surface area (Å²) in [6.07, 6.45) is -0.856. The lowest BCUT2D eigenvalue weighted by Gasteiger charge is -2.52. The van der Waals surface area contributed by atoms with Gasteiger partial charge in [0.25, 0.3) is 0 Å². The topological polar surface area (TPSA) is 82.1 Å². The number of nitrogens with zero attached hydrogens (tertiary/aromatic N) is 1. The lowest BCUT2D eigenvalue weighted by Crippen LogP contribution is -2.63. The Morgan fingerprint density at radius 1 is 0.732 bits per heavy atom. The molecular formula is C34H31NO6. The molecule has 208 valence electrons. The van der Waals surface area contributed by atoms with Gasteiger partial charge in [0, 0.05) is 5.92 Å². The molecule has 0 bridgehead atoms. The van der Waals surface area contributed by atoms with E-state index in [1.165, 1.54) is 19.1 Å². The summed E-state index contributed by atoms with van der Waals surface area (Å²) in [5.74, 6) is -2.17. The van der Waals surface area contributed by atoms with Gasteiger partial charge in [-0.25, -0.2) is 14.4 Å². The van der Waals surface area contributed by atoms with E-state index in [9.17, 15) is 14.4 Å². The van der Waals surface area contributed by atoms with Crippen molar-refractivity contribution in [2.45, 2.75) is 31.0 Å². The van der Waals surface area contributed by atoms with Crippen molar-refractivity contribution in [3.8, 4) is 0 Å². The van der Waals surface area contributed by atoms with Crippen LogP contribution in [-0.2, 0) is 35.9 Å². The van der Waals surface area contributed by atoms with E-state index >= 15 is 0 Å². The molecule has 0 aromatic heterocycles. The molecular weight excluding hydrogens is 518 g/mol. The number of hydrogen-bond donors (Lipinski definition) is 0. The fraction of sp³-hybridized carbons (Fsp3) is 0.206. The number of fused-ring (bicyclic) bond motifs is 1. The smallest absolute Gasteiger partial charge is 0.412 e. The maximum absolute atomic E-state index is 14.4. The third-order valence-corrected chi connectivity index (χ3v) is 7.61. The molecule has 41 heavy (non-hydrogen) atoms. The molecule has 4 aromatic rings.